The van der Waals surface area contributed by atoms with Crippen molar-refractivity contribution >= 4 is 27.6 Å². The minimum absolute atomic E-state index is 0.223. The van der Waals surface area contributed by atoms with Gasteiger partial charge in [0.2, 0.25) is 0 Å². The van der Waals surface area contributed by atoms with Gasteiger partial charge in [0, 0.05) is 22.3 Å². The molecule has 0 saturated carbocycles. The third-order valence-electron chi connectivity index (χ3n) is 2.63. The summed E-state index contributed by atoms with van der Waals surface area (Å²) < 4.78 is 14.3. The second kappa shape index (κ2) is 5.84. The summed E-state index contributed by atoms with van der Waals surface area (Å²) in [6.07, 6.45) is 0. The number of hydrogen-bond acceptors (Lipinski definition) is 2. The van der Waals surface area contributed by atoms with Crippen LogP contribution in [0.3, 0.4) is 0 Å². The molecule has 0 saturated heterocycles. The van der Waals surface area contributed by atoms with E-state index >= 15 is 0 Å². The maximum Gasteiger partial charge on any atom is 0.335 e. The quantitative estimate of drug-likeness (QED) is 0.897. The number of aromatic carboxylic acids is 1. The Morgan fingerprint density at radius 3 is 2.47 bits per heavy atom. The van der Waals surface area contributed by atoms with Crippen LogP contribution in [0.15, 0.2) is 46.9 Å². The number of rotatable bonds is 4. The van der Waals surface area contributed by atoms with Crippen molar-refractivity contribution < 1.29 is 14.3 Å². The predicted molar refractivity (Wildman–Crippen MR) is 74.8 cm³/mol. The third kappa shape index (κ3) is 3.54. The van der Waals surface area contributed by atoms with Gasteiger partial charge >= 0.3 is 5.97 Å². The van der Waals surface area contributed by atoms with Crippen molar-refractivity contribution in [2.75, 3.05) is 5.32 Å². The lowest BCUT2D eigenvalue weighted by molar-refractivity contribution is 0.0697. The van der Waals surface area contributed by atoms with Crippen molar-refractivity contribution in [1.29, 1.82) is 0 Å². The summed E-state index contributed by atoms with van der Waals surface area (Å²) in [6, 6.07) is 11.2. The second-order valence-corrected chi connectivity index (χ2v) is 4.89. The number of benzene rings is 2. The molecule has 2 aromatic carbocycles. The first-order chi connectivity index (χ1) is 9.06. The minimum atomic E-state index is -0.967. The van der Waals surface area contributed by atoms with E-state index in [0.717, 1.165) is 5.69 Å². The molecule has 0 heterocycles. The van der Waals surface area contributed by atoms with Gasteiger partial charge in [-0.2, -0.15) is 0 Å². The molecule has 0 aromatic heterocycles. The number of anilines is 1. The fourth-order valence-electron chi connectivity index (χ4n) is 1.59. The summed E-state index contributed by atoms with van der Waals surface area (Å²) in [5.41, 5.74) is 1.51. The molecule has 5 heteroatoms. The van der Waals surface area contributed by atoms with E-state index in [4.69, 9.17) is 5.11 Å². The van der Waals surface area contributed by atoms with E-state index in [9.17, 15) is 9.18 Å². The first-order valence-corrected chi connectivity index (χ1v) is 6.37. The molecule has 3 nitrogen and oxygen atoms in total. The Morgan fingerprint density at radius 2 is 1.89 bits per heavy atom. The van der Waals surface area contributed by atoms with E-state index in [-0.39, 0.29) is 11.4 Å². The van der Waals surface area contributed by atoms with Crippen LogP contribution in [0.5, 0.6) is 0 Å². The molecule has 0 aliphatic carbocycles. The fraction of sp³-hybridized carbons (Fsp3) is 0.0714. The molecule has 0 unspecified atom stereocenters. The lowest BCUT2D eigenvalue weighted by atomic mass is 10.2. The van der Waals surface area contributed by atoms with Crippen LogP contribution in [0.2, 0.25) is 0 Å². The first-order valence-electron chi connectivity index (χ1n) is 5.57. The lowest BCUT2D eigenvalue weighted by Crippen LogP contribution is -2.02. The molecule has 2 N–H and O–H groups in total. The summed E-state index contributed by atoms with van der Waals surface area (Å²) in [6.45, 7) is 0.339. The molecule has 0 aliphatic rings. The molecule has 19 heavy (non-hydrogen) atoms. The molecule has 0 bridgehead atoms. The van der Waals surface area contributed by atoms with Crippen LogP contribution in [0.25, 0.3) is 0 Å². The van der Waals surface area contributed by atoms with Crippen LogP contribution in [-0.2, 0) is 6.54 Å². The molecule has 0 aliphatic heterocycles. The van der Waals surface area contributed by atoms with Crippen molar-refractivity contribution in [3.8, 4) is 0 Å². The Hall–Kier alpha value is -1.88. The number of carbonyl (C=O) groups is 1. The zero-order valence-corrected chi connectivity index (χ0v) is 11.4. The number of hydrogen-bond donors (Lipinski definition) is 2. The average molecular weight is 324 g/mol. The highest BCUT2D eigenvalue weighted by molar-refractivity contribution is 9.10. The highest BCUT2D eigenvalue weighted by Crippen LogP contribution is 2.17. The average Bonchev–Trinajstić information content (AvgIpc) is 2.38. The van der Waals surface area contributed by atoms with Gasteiger partial charge < -0.3 is 10.4 Å². The standard InChI is InChI=1S/C14H11BrFNO2/c15-11-4-1-10(13(16)7-11)8-17-12-5-2-9(3-6-12)14(18)19/h1-7,17H,8H2,(H,18,19). The normalized spacial score (nSPS) is 10.2. The van der Waals surface area contributed by atoms with E-state index in [1.165, 1.54) is 18.2 Å². The lowest BCUT2D eigenvalue weighted by Gasteiger charge is -2.08. The molecule has 0 amide bonds. The molecular weight excluding hydrogens is 313 g/mol. The third-order valence-corrected chi connectivity index (χ3v) is 3.12. The molecule has 0 spiro atoms. The first kappa shape index (κ1) is 13.5. The van der Waals surface area contributed by atoms with Crippen LogP contribution in [-0.4, -0.2) is 11.1 Å². The number of carboxylic acids is 1. The van der Waals surface area contributed by atoms with Gasteiger partial charge in [-0.1, -0.05) is 22.0 Å². The summed E-state index contributed by atoms with van der Waals surface area (Å²) in [7, 11) is 0. The molecule has 98 valence electrons. The zero-order valence-electron chi connectivity index (χ0n) is 9.86. The second-order valence-electron chi connectivity index (χ2n) is 3.97. The summed E-state index contributed by atoms with van der Waals surface area (Å²) >= 11 is 3.20. The molecule has 0 atom stereocenters. The molecular formula is C14H11BrFNO2. The molecule has 0 radical (unpaired) electrons. The van der Waals surface area contributed by atoms with Crippen molar-refractivity contribution in [3.05, 3.63) is 63.9 Å². The van der Waals surface area contributed by atoms with Crippen molar-refractivity contribution in [2.45, 2.75) is 6.54 Å². The highest BCUT2D eigenvalue weighted by Gasteiger charge is 2.04. The smallest absolute Gasteiger partial charge is 0.335 e. The van der Waals surface area contributed by atoms with Crippen molar-refractivity contribution in [3.63, 3.8) is 0 Å². The van der Waals surface area contributed by atoms with Crippen LogP contribution < -0.4 is 5.32 Å². The summed E-state index contributed by atoms with van der Waals surface area (Å²) in [5, 5.41) is 11.8. The van der Waals surface area contributed by atoms with Crippen molar-refractivity contribution in [2.24, 2.45) is 0 Å². The Morgan fingerprint density at radius 1 is 1.21 bits per heavy atom. The van der Waals surface area contributed by atoms with E-state index in [0.29, 0.717) is 16.6 Å². The van der Waals surface area contributed by atoms with Crippen LogP contribution >= 0.6 is 15.9 Å². The van der Waals surface area contributed by atoms with Gasteiger partial charge in [-0.05, 0) is 36.4 Å². The Bertz CT molecular complexity index is 599. The van der Waals surface area contributed by atoms with E-state index < -0.39 is 5.97 Å². The summed E-state index contributed by atoms with van der Waals surface area (Å²) in [5.74, 6) is -1.26. The maximum absolute atomic E-state index is 13.6. The van der Waals surface area contributed by atoms with Gasteiger partial charge in [0.1, 0.15) is 5.82 Å². The van der Waals surface area contributed by atoms with Gasteiger partial charge in [-0.3, -0.25) is 0 Å². The fourth-order valence-corrected chi connectivity index (χ4v) is 1.93. The largest absolute Gasteiger partial charge is 0.478 e. The van der Waals surface area contributed by atoms with Gasteiger partial charge in [0.05, 0.1) is 5.56 Å². The van der Waals surface area contributed by atoms with Gasteiger partial charge in [0.15, 0.2) is 0 Å². The highest BCUT2D eigenvalue weighted by atomic mass is 79.9. The Kier molecular flexibility index (Phi) is 4.16. The SMILES string of the molecule is O=C(O)c1ccc(NCc2ccc(Br)cc2F)cc1. The van der Waals surface area contributed by atoms with Gasteiger partial charge in [-0.15, -0.1) is 0 Å². The van der Waals surface area contributed by atoms with E-state index in [1.54, 1.807) is 24.3 Å². The zero-order chi connectivity index (χ0) is 13.8. The number of carboxylic acid groups (broad SMARTS) is 1. The Balaban J connectivity index is 2.04. The minimum Gasteiger partial charge on any atom is -0.478 e. The van der Waals surface area contributed by atoms with Gasteiger partial charge in [0.25, 0.3) is 0 Å². The molecule has 0 fully saturated rings. The Labute approximate surface area is 118 Å². The predicted octanol–water partition coefficient (Wildman–Crippen LogP) is 3.90. The van der Waals surface area contributed by atoms with Gasteiger partial charge in [-0.25, -0.2) is 9.18 Å². The molecule has 2 rings (SSSR count). The topological polar surface area (TPSA) is 49.3 Å². The van der Waals surface area contributed by atoms with E-state index in [2.05, 4.69) is 21.2 Å². The monoisotopic (exact) mass is 323 g/mol. The number of nitrogens with one attached hydrogen (secondary N) is 1. The van der Waals surface area contributed by atoms with Crippen molar-refractivity contribution in [1.82, 2.24) is 0 Å². The number of halogens is 2. The summed E-state index contributed by atoms with van der Waals surface area (Å²) in [4.78, 5) is 10.7. The van der Waals surface area contributed by atoms with E-state index in [1.807, 2.05) is 0 Å². The van der Waals surface area contributed by atoms with Crippen LogP contribution in [0.1, 0.15) is 15.9 Å². The maximum atomic E-state index is 13.6. The van der Waals surface area contributed by atoms with Crippen LogP contribution in [0, 0.1) is 5.82 Å². The molecule has 2 aromatic rings. The van der Waals surface area contributed by atoms with Crippen LogP contribution in [0.4, 0.5) is 10.1 Å².